The first kappa shape index (κ1) is 14.5. The van der Waals surface area contributed by atoms with Gasteiger partial charge in [-0.3, -0.25) is 4.79 Å². The number of nitrogens with one attached hydrogen (secondary N) is 1. The summed E-state index contributed by atoms with van der Waals surface area (Å²) in [5, 5.41) is 3.16. The molecule has 0 aromatic heterocycles. The molecule has 0 spiro atoms. The molecule has 0 unspecified atom stereocenters. The molecule has 0 heterocycles. The molecule has 0 saturated carbocycles. The first-order valence-corrected chi connectivity index (χ1v) is 6.25. The summed E-state index contributed by atoms with van der Waals surface area (Å²) in [4.78, 5) is 15.3. The van der Waals surface area contributed by atoms with Crippen LogP contribution < -0.4 is 10.2 Å². The van der Waals surface area contributed by atoms with Crippen molar-refractivity contribution in [1.29, 1.82) is 0 Å². The molecule has 0 radical (unpaired) electrons. The number of amides is 1. The Bertz CT molecular complexity index is 373. The van der Waals surface area contributed by atoms with Crippen molar-refractivity contribution in [2.24, 2.45) is 0 Å². The Morgan fingerprint density at radius 1 is 1.17 bits per heavy atom. The van der Waals surface area contributed by atoms with Gasteiger partial charge in [-0.25, -0.2) is 0 Å². The van der Waals surface area contributed by atoms with Crippen LogP contribution in [0.2, 0.25) is 0 Å². The highest BCUT2D eigenvalue weighted by molar-refractivity contribution is 5.77. The molecular weight excluding hydrogens is 226 g/mol. The van der Waals surface area contributed by atoms with Gasteiger partial charge in [-0.1, -0.05) is 12.1 Å². The SMILES string of the molecule is CCN(C)C(=O)CNCc1ccc(N(C)C)cc1. The van der Waals surface area contributed by atoms with Gasteiger partial charge in [0.25, 0.3) is 0 Å². The van der Waals surface area contributed by atoms with E-state index in [1.807, 2.05) is 28.1 Å². The van der Waals surface area contributed by atoms with Gasteiger partial charge < -0.3 is 15.1 Å². The van der Waals surface area contributed by atoms with Crippen LogP contribution in [0, 0.1) is 0 Å². The third-order valence-electron chi connectivity index (χ3n) is 2.96. The van der Waals surface area contributed by atoms with E-state index in [1.165, 1.54) is 11.3 Å². The Morgan fingerprint density at radius 2 is 1.78 bits per heavy atom. The number of carbonyl (C=O) groups excluding carboxylic acids is 1. The molecule has 0 aliphatic rings. The highest BCUT2D eigenvalue weighted by Gasteiger charge is 2.05. The summed E-state index contributed by atoms with van der Waals surface area (Å²) in [7, 11) is 5.86. The van der Waals surface area contributed by atoms with Crippen molar-refractivity contribution in [2.45, 2.75) is 13.5 Å². The van der Waals surface area contributed by atoms with Crippen LogP contribution in [0.3, 0.4) is 0 Å². The minimum absolute atomic E-state index is 0.127. The van der Waals surface area contributed by atoms with Gasteiger partial charge in [0.05, 0.1) is 6.54 Å². The largest absolute Gasteiger partial charge is 0.378 e. The quantitative estimate of drug-likeness (QED) is 0.826. The molecule has 1 amide bonds. The average Bonchev–Trinajstić information content (AvgIpc) is 2.38. The maximum Gasteiger partial charge on any atom is 0.236 e. The van der Waals surface area contributed by atoms with Crippen molar-refractivity contribution >= 4 is 11.6 Å². The van der Waals surface area contributed by atoms with Crippen LogP contribution in [0.1, 0.15) is 12.5 Å². The molecule has 0 bridgehead atoms. The smallest absolute Gasteiger partial charge is 0.236 e. The first-order chi connectivity index (χ1) is 8.54. The molecule has 1 N–H and O–H groups in total. The predicted molar refractivity (Wildman–Crippen MR) is 75.8 cm³/mol. The van der Waals surface area contributed by atoms with Gasteiger partial charge in [-0.05, 0) is 24.6 Å². The van der Waals surface area contributed by atoms with Crippen LogP contribution in [0.25, 0.3) is 0 Å². The van der Waals surface area contributed by atoms with E-state index in [0.29, 0.717) is 6.54 Å². The van der Waals surface area contributed by atoms with E-state index in [1.54, 1.807) is 4.90 Å². The summed E-state index contributed by atoms with van der Waals surface area (Å²) in [6, 6.07) is 8.32. The average molecular weight is 249 g/mol. The molecule has 100 valence electrons. The van der Waals surface area contributed by atoms with Crippen LogP contribution in [-0.4, -0.2) is 45.0 Å². The van der Waals surface area contributed by atoms with Crippen molar-refractivity contribution in [3.05, 3.63) is 29.8 Å². The van der Waals surface area contributed by atoms with Crippen LogP contribution in [0.4, 0.5) is 5.69 Å². The number of rotatable bonds is 6. The van der Waals surface area contributed by atoms with E-state index in [4.69, 9.17) is 0 Å². The van der Waals surface area contributed by atoms with Gasteiger partial charge in [-0.2, -0.15) is 0 Å². The van der Waals surface area contributed by atoms with Gasteiger partial charge in [0, 0.05) is 39.9 Å². The topological polar surface area (TPSA) is 35.6 Å². The lowest BCUT2D eigenvalue weighted by Crippen LogP contribution is -2.35. The second-order valence-corrected chi connectivity index (χ2v) is 4.57. The lowest BCUT2D eigenvalue weighted by Gasteiger charge is -2.15. The summed E-state index contributed by atoms with van der Waals surface area (Å²) in [5.41, 5.74) is 2.37. The van der Waals surface area contributed by atoms with E-state index in [2.05, 4.69) is 34.5 Å². The van der Waals surface area contributed by atoms with Crippen LogP contribution >= 0.6 is 0 Å². The van der Waals surface area contributed by atoms with Crippen molar-refractivity contribution in [2.75, 3.05) is 39.1 Å². The molecule has 1 rings (SSSR count). The first-order valence-electron chi connectivity index (χ1n) is 6.25. The maximum atomic E-state index is 11.6. The molecule has 18 heavy (non-hydrogen) atoms. The number of nitrogens with zero attached hydrogens (tertiary/aromatic N) is 2. The molecule has 0 saturated heterocycles. The van der Waals surface area contributed by atoms with Crippen molar-refractivity contribution in [3.63, 3.8) is 0 Å². The van der Waals surface area contributed by atoms with Crippen LogP contribution in [-0.2, 0) is 11.3 Å². The molecule has 0 fully saturated rings. The molecule has 0 aliphatic carbocycles. The minimum atomic E-state index is 0.127. The Morgan fingerprint density at radius 3 is 2.28 bits per heavy atom. The summed E-state index contributed by atoms with van der Waals surface area (Å²) in [6.45, 7) is 3.83. The van der Waals surface area contributed by atoms with Gasteiger partial charge in [-0.15, -0.1) is 0 Å². The van der Waals surface area contributed by atoms with Crippen molar-refractivity contribution in [1.82, 2.24) is 10.2 Å². The summed E-state index contributed by atoms with van der Waals surface area (Å²) < 4.78 is 0. The Labute approximate surface area is 110 Å². The van der Waals surface area contributed by atoms with Crippen LogP contribution in [0.5, 0.6) is 0 Å². The van der Waals surface area contributed by atoms with Crippen molar-refractivity contribution in [3.8, 4) is 0 Å². The Kier molecular flexibility index (Phi) is 5.65. The summed E-state index contributed by atoms with van der Waals surface area (Å²) >= 11 is 0. The minimum Gasteiger partial charge on any atom is -0.378 e. The third-order valence-corrected chi connectivity index (χ3v) is 2.96. The molecule has 0 aliphatic heterocycles. The zero-order valence-electron chi connectivity index (χ0n) is 11.7. The third kappa shape index (κ3) is 4.37. The van der Waals surface area contributed by atoms with E-state index in [0.717, 1.165) is 13.1 Å². The number of benzene rings is 1. The Hall–Kier alpha value is -1.55. The number of anilines is 1. The van der Waals surface area contributed by atoms with E-state index >= 15 is 0 Å². The highest BCUT2D eigenvalue weighted by atomic mass is 16.2. The molecule has 1 aromatic rings. The molecule has 4 nitrogen and oxygen atoms in total. The normalized spacial score (nSPS) is 10.2. The lowest BCUT2D eigenvalue weighted by atomic mass is 10.2. The standard InChI is InChI=1S/C14H23N3O/c1-5-17(4)14(18)11-15-10-12-6-8-13(9-7-12)16(2)3/h6-9,15H,5,10-11H2,1-4H3. The molecule has 0 atom stereocenters. The van der Waals surface area contributed by atoms with Gasteiger partial charge in [0.2, 0.25) is 5.91 Å². The Balaban J connectivity index is 2.38. The number of carbonyl (C=O) groups is 1. The lowest BCUT2D eigenvalue weighted by molar-refractivity contribution is -0.128. The zero-order valence-corrected chi connectivity index (χ0v) is 11.7. The molecular formula is C14H23N3O. The fourth-order valence-electron chi connectivity index (χ4n) is 1.54. The monoisotopic (exact) mass is 249 g/mol. The number of hydrogen-bond acceptors (Lipinski definition) is 3. The highest BCUT2D eigenvalue weighted by Crippen LogP contribution is 2.11. The summed E-state index contributed by atoms with van der Waals surface area (Å²) in [5.74, 6) is 0.127. The van der Waals surface area contributed by atoms with E-state index in [-0.39, 0.29) is 5.91 Å². The molecule has 1 aromatic carbocycles. The fraction of sp³-hybridized carbons (Fsp3) is 0.500. The van der Waals surface area contributed by atoms with Crippen LogP contribution in [0.15, 0.2) is 24.3 Å². The maximum absolute atomic E-state index is 11.6. The zero-order chi connectivity index (χ0) is 13.5. The number of hydrogen-bond donors (Lipinski definition) is 1. The van der Waals surface area contributed by atoms with Crippen molar-refractivity contribution < 1.29 is 4.79 Å². The summed E-state index contributed by atoms with van der Waals surface area (Å²) in [6.07, 6.45) is 0. The number of likely N-dealkylation sites (N-methyl/N-ethyl adjacent to an activating group) is 1. The van der Waals surface area contributed by atoms with Gasteiger partial charge >= 0.3 is 0 Å². The van der Waals surface area contributed by atoms with E-state index in [9.17, 15) is 4.79 Å². The molecule has 4 heteroatoms. The van der Waals surface area contributed by atoms with E-state index < -0.39 is 0 Å². The predicted octanol–water partition coefficient (Wildman–Crippen LogP) is 1.32. The second-order valence-electron chi connectivity index (χ2n) is 4.57. The van der Waals surface area contributed by atoms with Gasteiger partial charge in [0.1, 0.15) is 0 Å². The second kappa shape index (κ2) is 7.01. The fourth-order valence-corrected chi connectivity index (χ4v) is 1.54. The van der Waals surface area contributed by atoms with Gasteiger partial charge in [0.15, 0.2) is 0 Å².